The van der Waals surface area contributed by atoms with Gasteiger partial charge in [-0.1, -0.05) is 22.8 Å². The smallest absolute Gasteiger partial charge is 0.207 e. The first-order valence-corrected chi connectivity index (χ1v) is 3.70. The zero-order chi connectivity index (χ0) is 8.55. The van der Waals surface area contributed by atoms with Crippen molar-refractivity contribution in [3.05, 3.63) is 29.0 Å². The number of nitrogens with zero attached hydrogens (tertiary/aromatic N) is 1. The highest BCUT2D eigenvalue weighted by molar-refractivity contribution is 6.35. The molecule has 1 aromatic heterocycles. The molecule has 12 heavy (non-hydrogen) atoms. The van der Waals surface area contributed by atoms with Crippen LogP contribution >= 0.6 is 11.6 Å². The van der Waals surface area contributed by atoms with Crippen LogP contribution in [0.4, 0.5) is 0 Å². The maximum atomic E-state index is 10.4. The molecule has 0 N–H and O–H groups in total. The molecule has 0 spiro atoms. The van der Waals surface area contributed by atoms with Gasteiger partial charge in [-0.05, 0) is 12.1 Å². The average molecular weight is 182 g/mol. The van der Waals surface area contributed by atoms with Crippen LogP contribution in [0.5, 0.6) is 0 Å². The first-order chi connectivity index (χ1) is 5.83. The van der Waals surface area contributed by atoms with E-state index in [0.29, 0.717) is 22.2 Å². The highest BCUT2D eigenvalue weighted by Crippen LogP contribution is 2.23. The van der Waals surface area contributed by atoms with Gasteiger partial charge in [-0.2, -0.15) is 0 Å². The molecule has 60 valence electrons. The van der Waals surface area contributed by atoms with E-state index in [0.717, 1.165) is 0 Å². The predicted molar refractivity (Wildman–Crippen MR) is 44.4 cm³/mol. The fourth-order valence-corrected chi connectivity index (χ4v) is 1.24. The van der Waals surface area contributed by atoms with E-state index in [1.54, 1.807) is 18.2 Å². The highest BCUT2D eigenvalue weighted by atomic mass is 35.5. The van der Waals surface area contributed by atoms with Gasteiger partial charge in [-0.25, -0.2) is 0 Å². The number of hydrogen-bond donors (Lipinski definition) is 0. The largest absolute Gasteiger partial charge is 0.352 e. The standard InChI is InChI=1S/C8H4ClNO2/c9-6-3-1-2-5-7(4-11)12-10-8(5)6/h1-4H. The minimum absolute atomic E-state index is 0.215. The second-order valence-electron chi connectivity index (χ2n) is 2.30. The van der Waals surface area contributed by atoms with E-state index < -0.39 is 0 Å². The van der Waals surface area contributed by atoms with E-state index in [4.69, 9.17) is 16.1 Å². The van der Waals surface area contributed by atoms with Gasteiger partial charge >= 0.3 is 0 Å². The first-order valence-electron chi connectivity index (χ1n) is 3.32. The molecule has 0 radical (unpaired) electrons. The van der Waals surface area contributed by atoms with Crippen molar-refractivity contribution >= 4 is 28.8 Å². The monoisotopic (exact) mass is 181 g/mol. The lowest BCUT2D eigenvalue weighted by molar-refractivity contribution is 0.109. The molecule has 0 saturated carbocycles. The van der Waals surface area contributed by atoms with Crippen LogP contribution in [0.3, 0.4) is 0 Å². The van der Waals surface area contributed by atoms with Crippen molar-refractivity contribution in [2.45, 2.75) is 0 Å². The Hall–Kier alpha value is -1.35. The SMILES string of the molecule is O=Cc1onc2c(Cl)cccc12. The summed E-state index contributed by atoms with van der Waals surface area (Å²) in [6.07, 6.45) is 0.617. The molecule has 0 aliphatic heterocycles. The Morgan fingerprint density at radius 2 is 2.33 bits per heavy atom. The lowest BCUT2D eigenvalue weighted by Gasteiger charge is -1.87. The minimum atomic E-state index is 0.215. The predicted octanol–water partition coefficient (Wildman–Crippen LogP) is 2.29. The van der Waals surface area contributed by atoms with Crippen molar-refractivity contribution in [2.75, 3.05) is 0 Å². The van der Waals surface area contributed by atoms with Gasteiger partial charge in [0, 0.05) is 0 Å². The summed E-state index contributed by atoms with van der Waals surface area (Å²) in [7, 11) is 0. The number of hydrogen-bond acceptors (Lipinski definition) is 3. The van der Waals surface area contributed by atoms with Crippen molar-refractivity contribution in [3.63, 3.8) is 0 Å². The lowest BCUT2D eigenvalue weighted by Crippen LogP contribution is -1.73. The number of halogens is 1. The third-order valence-electron chi connectivity index (χ3n) is 1.59. The second kappa shape index (κ2) is 2.60. The minimum Gasteiger partial charge on any atom is -0.352 e. The molecule has 4 heteroatoms. The quantitative estimate of drug-likeness (QED) is 0.634. The molecule has 0 fully saturated rings. The molecule has 2 rings (SSSR count). The number of carbonyl (C=O) groups excluding carboxylic acids is 1. The van der Waals surface area contributed by atoms with E-state index >= 15 is 0 Å². The van der Waals surface area contributed by atoms with Gasteiger partial charge in [-0.15, -0.1) is 0 Å². The third kappa shape index (κ3) is 0.905. The van der Waals surface area contributed by atoms with Crippen LogP contribution < -0.4 is 0 Å². The maximum Gasteiger partial charge on any atom is 0.207 e. The zero-order valence-electron chi connectivity index (χ0n) is 5.95. The van der Waals surface area contributed by atoms with Crippen molar-refractivity contribution in [1.82, 2.24) is 5.16 Å². The summed E-state index contributed by atoms with van der Waals surface area (Å²) in [4.78, 5) is 10.4. The maximum absolute atomic E-state index is 10.4. The van der Waals surface area contributed by atoms with Gasteiger partial charge < -0.3 is 4.52 Å². The molecule has 0 bridgehead atoms. The van der Waals surface area contributed by atoms with Gasteiger partial charge in [0.1, 0.15) is 5.52 Å². The van der Waals surface area contributed by atoms with E-state index in [1.807, 2.05) is 0 Å². The molecule has 0 atom stereocenters. The lowest BCUT2D eigenvalue weighted by atomic mass is 10.2. The average Bonchev–Trinajstić information content (AvgIpc) is 2.49. The van der Waals surface area contributed by atoms with Crippen LogP contribution in [0.25, 0.3) is 10.9 Å². The molecule has 0 amide bonds. The van der Waals surface area contributed by atoms with Crippen molar-refractivity contribution in [2.24, 2.45) is 0 Å². The van der Waals surface area contributed by atoms with Crippen molar-refractivity contribution in [3.8, 4) is 0 Å². The summed E-state index contributed by atoms with van der Waals surface area (Å²) in [6.45, 7) is 0. The number of aldehydes is 1. The number of fused-ring (bicyclic) bond motifs is 1. The molecule has 0 aliphatic rings. The van der Waals surface area contributed by atoms with Gasteiger partial charge in [0.25, 0.3) is 0 Å². The van der Waals surface area contributed by atoms with Crippen LogP contribution in [0, 0.1) is 0 Å². The molecular weight excluding hydrogens is 178 g/mol. The molecule has 0 saturated heterocycles. The van der Waals surface area contributed by atoms with Gasteiger partial charge in [0.05, 0.1) is 10.4 Å². The van der Waals surface area contributed by atoms with Crippen LogP contribution in [-0.4, -0.2) is 11.4 Å². The second-order valence-corrected chi connectivity index (χ2v) is 2.71. The highest BCUT2D eigenvalue weighted by Gasteiger charge is 2.08. The molecule has 3 nitrogen and oxygen atoms in total. The van der Waals surface area contributed by atoms with Crippen LogP contribution in [0.2, 0.25) is 5.02 Å². The molecule has 2 aromatic rings. The molecule has 0 unspecified atom stereocenters. The summed E-state index contributed by atoms with van der Waals surface area (Å²) in [6, 6.07) is 5.18. The van der Waals surface area contributed by atoms with E-state index in [1.165, 1.54) is 0 Å². The molecule has 1 heterocycles. The van der Waals surface area contributed by atoms with Gasteiger partial charge in [0.15, 0.2) is 6.29 Å². The fraction of sp³-hybridized carbons (Fsp3) is 0. The topological polar surface area (TPSA) is 43.1 Å². The van der Waals surface area contributed by atoms with E-state index in [-0.39, 0.29) is 5.76 Å². The van der Waals surface area contributed by atoms with Crippen LogP contribution in [0.15, 0.2) is 22.7 Å². The van der Waals surface area contributed by atoms with Crippen molar-refractivity contribution in [1.29, 1.82) is 0 Å². The summed E-state index contributed by atoms with van der Waals surface area (Å²) in [5.74, 6) is 0.215. The Morgan fingerprint density at radius 3 is 3.08 bits per heavy atom. The number of rotatable bonds is 1. The van der Waals surface area contributed by atoms with Crippen molar-refractivity contribution < 1.29 is 9.32 Å². The fourth-order valence-electron chi connectivity index (χ4n) is 1.04. The first kappa shape index (κ1) is 7.31. The number of benzene rings is 1. The Balaban J connectivity index is 2.88. The summed E-state index contributed by atoms with van der Waals surface area (Å²) in [5, 5.41) is 4.79. The molecule has 1 aromatic carbocycles. The Bertz CT molecular complexity index is 436. The molecule has 0 aliphatic carbocycles. The normalized spacial score (nSPS) is 10.4. The summed E-state index contributed by atoms with van der Waals surface area (Å²) >= 11 is 5.79. The summed E-state index contributed by atoms with van der Waals surface area (Å²) in [5.41, 5.74) is 0.529. The Morgan fingerprint density at radius 1 is 1.50 bits per heavy atom. The summed E-state index contributed by atoms with van der Waals surface area (Å²) < 4.78 is 4.74. The van der Waals surface area contributed by atoms with Crippen LogP contribution in [0.1, 0.15) is 10.6 Å². The number of aromatic nitrogens is 1. The van der Waals surface area contributed by atoms with Gasteiger partial charge in [-0.3, -0.25) is 4.79 Å². The van der Waals surface area contributed by atoms with E-state index in [9.17, 15) is 4.79 Å². The van der Waals surface area contributed by atoms with Crippen LogP contribution in [-0.2, 0) is 0 Å². The number of carbonyl (C=O) groups is 1. The van der Waals surface area contributed by atoms with Gasteiger partial charge in [0.2, 0.25) is 5.76 Å². The Kier molecular flexibility index (Phi) is 1.59. The van der Waals surface area contributed by atoms with E-state index in [2.05, 4.69) is 5.16 Å². The zero-order valence-corrected chi connectivity index (χ0v) is 6.71. The third-order valence-corrected chi connectivity index (χ3v) is 1.90. The molecular formula is C8H4ClNO2. The Labute approximate surface area is 72.9 Å².